The van der Waals surface area contributed by atoms with Crippen LogP contribution in [-0.2, 0) is 35.2 Å². The van der Waals surface area contributed by atoms with Crippen molar-refractivity contribution in [2.24, 2.45) is 10.2 Å². The smallest absolute Gasteiger partial charge is 0.412 e. The normalized spacial score (nSPS) is 13.5. The number of aromatic amines is 2. The predicted molar refractivity (Wildman–Crippen MR) is 408 cm³/mol. The van der Waals surface area contributed by atoms with Crippen LogP contribution in [0.15, 0.2) is 135 Å². The van der Waals surface area contributed by atoms with Gasteiger partial charge in [-0.2, -0.15) is 10.2 Å². The van der Waals surface area contributed by atoms with Crippen molar-refractivity contribution in [2.75, 3.05) is 112 Å². The average molecular weight is 1540 g/mol. The molecule has 3 aliphatic rings. The first-order valence-electron chi connectivity index (χ1n) is 35.1. The van der Waals surface area contributed by atoms with Gasteiger partial charge in [0, 0.05) is 80.1 Å². The topological polar surface area (TPSA) is 512 Å². The van der Waals surface area contributed by atoms with Crippen LogP contribution < -0.4 is 68.3 Å². The van der Waals surface area contributed by atoms with Gasteiger partial charge in [-0.05, 0) is 182 Å². The van der Waals surface area contributed by atoms with Gasteiger partial charge in [-0.1, -0.05) is 33.8 Å². The van der Waals surface area contributed by atoms with Gasteiger partial charge in [0.15, 0.2) is 5.78 Å². The lowest BCUT2D eigenvalue weighted by atomic mass is 10.1. The molecule has 0 spiro atoms. The summed E-state index contributed by atoms with van der Waals surface area (Å²) < 4.78 is 4.76. The van der Waals surface area contributed by atoms with Gasteiger partial charge < -0.3 is 77.3 Å². The summed E-state index contributed by atoms with van der Waals surface area (Å²) in [6, 6.07) is 24.5. The average Bonchev–Trinajstić information content (AvgIpc) is 0.934. The molecule has 592 valence electrons. The van der Waals surface area contributed by atoms with E-state index in [1.54, 1.807) is 18.2 Å². The van der Waals surface area contributed by atoms with E-state index < -0.39 is 83.2 Å². The molecule has 37 heteroatoms. The number of Topliss-reactive ketones (excluding diaryl/α,β-unsaturated/α-hetero) is 1. The van der Waals surface area contributed by atoms with Gasteiger partial charge in [0.2, 0.25) is 23.8 Å². The first kappa shape index (κ1) is 88.3. The van der Waals surface area contributed by atoms with Gasteiger partial charge in [-0.25, -0.2) is 38.5 Å². The van der Waals surface area contributed by atoms with Crippen LogP contribution in [0.1, 0.15) is 125 Å². The minimum atomic E-state index is -1.43. The fraction of sp³-hybridized carbons (Fsp3) is 0.351. The second kappa shape index (κ2) is 44.1. The Labute approximate surface area is 636 Å². The van der Waals surface area contributed by atoms with Crippen molar-refractivity contribution in [3.63, 3.8) is 0 Å². The molecule has 37 nitrogen and oxygen atoms in total. The predicted octanol–water partition coefficient (Wildman–Crippen LogP) is 5.50. The number of benzene rings is 5. The number of hydrogen-bond donors (Lipinski definition) is 13. The van der Waals surface area contributed by atoms with Gasteiger partial charge >= 0.3 is 41.8 Å². The number of barbiturate groups is 1. The lowest BCUT2D eigenvalue weighted by molar-refractivity contribution is -0.139. The second-order valence-electron chi connectivity index (χ2n) is 24.2. The van der Waals surface area contributed by atoms with Crippen molar-refractivity contribution in [2.45, 2.75) is 86.2 Å². The molecule has 13 N–H and O–H groups in total. The molecule has 5 aromatic carbocycles. The van der Waals surface area contributed by atoms with Crippen molar-refractivity contribution >= 4 is 117 Å². The highest BCUT2D eigenvalue weighted by Gasteiger charge is 2.37. The number of ketones is 1. The molecule has 2 atom stereocenters. The number of nitrogens with zero attached hydrogens (tertiary/aromatic N) is 7. The Morgan fingerprint density at radius 2 is 1.15 bits per heavy atom. The molecule has 0 radical (unpaired) electrons. The van der Waals surface area contributed by atoms with Gasteiger partial charge in [-0.3, -0.25) is 58.0 Å². The number of nitrogens with one attached hydrogen (secondary N) is 10. The van der Waals surface area contributed by atoms with E-state index in [1.165, 1.54) is 118 Å². The number of carboxylic acids is 3. The number of anilines is 5. The third-order valence-electron chi connectivity index (χ3n) is 16.6. The maximum absolute atomic E-state index is 13.4. The highest BCUT2D eigenvalue weighted by atomic mass is 16.6. The maximum atomic E-state index is 13.4. The number of carboxylic acid groups (broad SMARTS) is 3. The summed E-state index contributed by atoms with van der Waals surface area (Å²) in [5.41, 5.74) is 2.68. The van der Waals surface area contributed by atoms with E-state index in [0.717, 1.165) is 80.6 Å². The van der Waals surface area contributed by atoms with Crippen LogP contribution >= 0.6 is 0 Å². The van der Waals surface area contributed by atoms with Crippen LogP contribution in [0.25, 0.3) is 0 Å². The third kappa shape index (κ3) is 28.1. The zero-order valence-corrected chi connectivity index (χ0v) is 62.6. The summed E-state index contributed by atoms with van der Waals surface area (Å²) in [6.07, 6.45) is 0.809. The molecule has 2 saturated heterocycles. The lowest BCUT2D eigenvalue weighted by Gasteiger charge is -2.30. The first-order chi connectivity index (χ1) is 52.8. The summed E-state index contributed by atoms with van der Waals surface area (Å²) in [7, 11) is 2.73. The van der Waals surface area contributed by atoms with Crippen LogP contribution in [0.2, 0.25) is 0 Å². The number of imide groups is 2. The number of aliphatic carboxylic acids is 1. The summed E-state index contributed by atoms with van der Waals surface area (Å²) in [6.45, 7) is 21.5. The molecule has 9 rings (SSSR count). The molecule has 4 heterocycles. The van der Waals surface area contributed by atoms with E-state index in [2.05, 4.69) is 100 Å². The molecule has 3 aliphatic heterocycles. The maximum Gasteiger partial charge on any atom is 0.412 e. The molecular formula is C74H91N17O20. The molecule has 0 saturated carbocycles. The van der Waals surface area contributed by atoms with Crippen LogP contribution in [0.4, 0.5) is 48.6 Å². The number of amides is 12. The number of carbonyl (C=O) groups is 14. The number of rotatable bonds is 29. The Kier molecular flexibility index (Phi) is 35.1. The minimum Gasteiger partial charge on any atom is -0.480 e. The van der Waals surface area contributed by atoms with E-state index in [0.29, 0.717) is 41.7 Å². The first-order valence-corrected chi connectivity index (χ1v) is 35.1. The molecule has 12 amide bonds. The van der Waals surface area contributed by atoms with Crippen LogP contribution in [0.5, 0.6) is 5.75 Å². The number of fused-ring (bicyclic) bond motifs is 1. The fourth-order valence-corrected chi connectivity index (χ4v) is 10.4. The van der Waals surface area contributed by atoms with E-state index in [1.807, 2.05) is 18.7 Å². The summed E-state index contributed by atoms with van der Waals surface area (Å²) in [5, 5.41) is 54.5. The number of hydrogen-bond acceptors (Lipinski definition) is 22. The number of aromatic carboxylic acids is 2. The Bertz CT molecular complexity index is 4400. The number of carbonyl (C=O) groups excluding carboxylic acids is 11. The Morgan fingerprint density at radius 1 is 0.604 bits per heavy atom. The summed E-state index contributed by atoms with van der Waals surface area (Å²) >= 11 is 0. The standard InChI is InChI=1S/C41H53N9O6.C12H10N2O5.C9H9NO4.C8H13N3O2.C4H6N2O3/c1-6-49(7-2)20-10-18-42-38(53)30-22-31(39(54)43-19-11-21-50(8-3)9-4)24-34(23-30)45-40(55)28-12-15-32(16-13-28)47-48-37(27(5)51)41(56)44-33-17-14-29-25-36(52)46-35(29)26-33;1-13-9(15)6-10(16)14(12(13)19)8-4-2-7(3-5-8)11(17)18;1-10-9(13)14-7-4-2-6(3-5-7)8(11)12;1-3-11(4-2)6-5-7(12)10-8(13)9-6;7-3(8)2-1-5-4(9)6-2/h12-17,22-24,26,37H,6-11,18-21,25H2,1-5H3,(H,42,53)(H,43,54)(H,44,56)(H,45,55)(H,46,52);2-5H,6H2,1H3,(H,17,18);2-5H,1H3,(H,10,13)(H,11,12);5H,3-4H2,1-2H3,(H2,9,10,12,13);2H,1H2,(H,7,8)(H2,5,6,9). The van der Waals surface area contributed by atoms with E-state index in [-0.39, 0.29) is 81.9 Å². The molecule has 6 aromatic rings. The molecule has 2 unspecified atom stereocenters. The van der Waals surface area contributed by atoms with Gasteiger partial charge in [0.1, 0.15) is 24.0 Å². The van der Waals surface area contributed by atoms with E-state index in [4.69, 9.17) is 20.1 Å². The monoisotopic (exact) mass is 1540 g/mol. The largest absolute Gasteiger partial charge is 0.480 e. The van der Waals surface area contributed by atoms with Crippen molar-refractivity contribution in [1.29, 1.82) is 0 Å². The molecule has 2 fully saturated rings. The fourth-order valence-electron chi connectivity index (χ4n) is 10.4. The van der Waals surface area contributed by atoms with E-state index in [9.17, 15) is 76.7 Å². The van der Waals surface area contributed by atoms with Crippen LogP contribution in [0, 0.1) is 0 Å². The highest BCUT2D eigenvalue weighted by Crippen LogP contribution is 2.28. The van der Waals surface area contributed by atoms with Gasteiger partial charge in [-0.15, -0.1) is 0 Å². The highest BCUT2D eigenvalue weighted by molar-refractivity contribution is 6.26. The second-order valence-corrected chi connectivity index (χ2v) is 24.2. The number of ether oxygens (including phenoxy) is 1. The molecule has 0 bridgehead atoms. The number of azo groups is 1. The Hall–Kier alpha value is -13.3. The van der Waals surface area contributed by atoms with E-state index >= 15 is 0 Å². The lowest BCUT2D eigenvalue weighted by Crippen LogP contribution is -2.53. The van der Waals surface area contributed by atoms with Gasteiger partial charge in [0.25, 0.3) is 29.2 Å². The molecular weight excluding hydrogens is 1450 g/mol. The summed E-state index contributed by atoms with van der Waals surface area (Å²) in [4.78, 5) is 199. The van der Waals surface area contributed by atoms with Crippen LogP contribution in [0.3, 0.4) is 0 Å². The molecule has 111 heavy (non-hydrogen) atoms. The van der Waals surface area contributed by atoms with Crippen molar-refractivity contribution in [1.82, 2.24) is 51.3 Å². The summed E-state index contributed by atoms with van der Waals surface area (Å²) in [5.74, 6) is -6.02. The quantitative estimate of drug-likeness (QED) is 0.0156. The SMILES string of the molecule is CCN(CC)CCCNC(=O)c1cc(NC(=O)c2ccc(N=NC(C(C)=O)C(=O)Nc3ccc4c(c3)NC(=O)C4)cc2)cc(C(=O)NCCCN(CC)CC)c1.CCN(CC)c1cc(=O)[nH]c(=O)[nH]1.CN1C(=O)CC(=O)N(c2ccc(C(=O)O)cc2)C1=O.CNC(=O)Oc1ccc(C(=O)O)cc1.O=C1NCC(C(=O)O)N1. The Balaban J connectivity index is 0.000000317. The zero-order valence-electron chi connectivity index (χ0n) is 62.6. The third-order valence-corrected chi connectivity index (χ3v) is 16.6. The Morgan fingerprint density at radius 3 is 1.63 bits per heavy atom. The van der Waals surface area contributed by atoms with Crippen LogP contribution in [-0.4, -0.2) is 221 Å². The van der Waals surface area contributed by atoms with Crippen molar-refractivity contribution < 1.29 is 87.2 Å². The van der Waals surface area contributed by atoms with Crippen molar-refractivity contribution in [3.8, 4) is 5.75 Å². The van der Waals surface area contributed by atoms with Crippen molar-refractivity contribution in [3.05, 3.63) is 169 Å². The zero-order chi connectivity index (χ0) is 82.0. The molecule has 1 aromatic heterocycles. The minimum absolute atomic E-state index is 0.0464. The number of aromatic nitrogens is 2. The molecule has 0 aliphatic carbocycles. The number of H-pyrrole nitrogens is 2. The number of urea groups is 2. The van der Waals surface area contributed by atoms with Gasteiger partial charge in [0.05, 0.1) is 35.5 Å².